The topological polar surface area (TPSA) is 57.3 Å². The van der Waals surface area contributed by atoms with Crippen LogP contribution >= 0.6 is 0 Å². The summed E-state index contributed by atoms with van der Waals surface area (Å²) in [5.74, 6) is -0.199. The van der Waals surface area contributed by atoms with Crippen LogP contribution in [0.4, 0.5) is 17.1 Å². The molecule has 0 unspecified atom stereocenters. The molecule has 0 spiro atoms. The van der Waals surface area contributed by atoms with E-state index in [4.69, 9.17) is 0 Å². The van der Waals surface area contributed by atoms with Gasteiger partial charge in [-0.25, -0.2) is 4.98 Å². The Balaban J connectivity index is 1.62. The number of carbonyl (C=O) groups excluding carboxylic acids is 1. The lowest BCUT2D eigenvalue weighted by atomic mass is 10.2. The Bertz CT molecular complexity index is 645. The third-order valence-electron chi connectivity index (χ3n) is 3.59. The summed E-state index contributed by atoms with van der Waals surface area (Å²) < 4.78 is 0. The zero-order chi connectivity index (χ0) is 15.5. The molecule has 5 heteroatoms. The van der Waals surface area contributed by atoms with Crippen LogP contribution in [-0.4, -0.2) is 31.0 Å². The molecule has 1 amide bonds. The maximum absolute atomic E-state index is 12.2. The normalized spacial score (nSPS) is 13.5. The van der Waals surface area contributed by atoms with Crippen molar-refractivity contribution in [2.24, 2.45) is 0 Å². The Morgan fingerprint density at radius 3 is 2.32 bits per heavy atom. The van der Waals surface area contributed by atoms with Gasteiger partial charge in [-0.3, -0.25) is 4.79 Å². The number of hydrogen-bond donors (Lipinski definition) is 2. The number of rotatable bonds is 5. The van der Waals surface area contributed by atoms with Gasteiger partial charge in [-0.1, -0.05) is 0 Å². The third kappa shape index (κ3) is 3.55. The molecule has 1 saturated carbocycles. The summed E-state index contributed by atoms with van der Waals surface area (Å²) >= 11 is 0. The van der Waals surface area contributed by atoms with E-state index in [1.807, 2.05) is 49.3 Å². The fourth-order valence-electron chi connectivity index (χ4n) is 2.11. The summed E-state index contributed by atoms with van der Waals surface area (Å²) in [7, 11) is 3.96. The van der Waals surface area contributed by atoms with Crippen molar-refractivity contribution in [2.75, 3.05) is 29.6 Å². The van der Waals surface area contributed by atoms with Gasteiger partial charge >= 0.3 is 0 Å². The fourth-order valence-corrected chi connectivity index (χ4v) is 2.11. The molecule has 1 heterocycles. The number of pyridine rings is 1. The van der Waals surface area contributed by atoms with Crippen LogP contribution in [0.25, 0.3) is 0 Å². The number of carbonyl (C=O) groups is 1. The van der Waals surface area contributed by atoms with Gasteiger partial charge in [0.05, 0.1) is 11.9 Å². The first-order valence-electron chi connectivity index (χ1n) is 7.43. The largest absolute Gasteiger partial charge is 0.381 e. The van der Waals surface area contributed by atoms with Gasteiger partial charge in [0, 0.05) is 31.5 Å². The molecule has 2 aromatic rings. The minimum atomic E-state index is -0.199. The highest BCUT2D eigenvalue weighted by Gasteiger charge is 2.20. The van der Waals surface area contributed by atoms with Gasteiger partial charge in [0.1, 0.15) is 5.69 Å². The first-order chi connectivity index (χ1) is 10.6. The van der Waals surface area contributed by atoms with Crippen molar-refractivity contribution in [3.63, 3.8) is 0 Å². The molecular weight excluding hydrogens is 276 g/mol. The molecule has 0 aliphatic heterocycles. The molecule has 1 aliphatic rings. The molecule has 1 aliphatic carbocycles. The molecule has 5 nitrogen and oxygen atoms in total. The first-order valence-corrected chi connectivity index (χ1v) is 7.43. The quantitative estimate of drug-likeness (QED) is 0.890. The number of nitrogens with one attached hydrogen (secondary N) is 2. The number of nitrogens with zero attached hydrogens (tertiary/aromatic N) is 2. The molecule has 1 fully saturated rings. The zero-order valence-electron chi connectivity index (χ0n) is 12.8. The summed E-state index contributed by atoms with van der Waals surface area (Å²) in [6, 6.07) is 11.9. The predicted molar refractivity (Wildman–Crippen MR) is 89.6 cm³/mol. The van der Waals surface area contributed by atoms with Gasteiger partial charge < -0.3 is 15.5 Å². The highest BCUT2D eigenvalue weighted by molar-refractivity contribution is 6.03. The third-order valence-corrected chi connectivity index (χ3v) is 3.59. The van der Waals surface area contributed by atoms with Crippen molar-refractivity contribution in [1.29, 1.82) is 0 Å². The SMILES string of the molecule is CN(C)c1ccc(NC(=O)c2ccc(NC3CC3)cn2)cc1. The second-order valence-electron chi connectivity index (χ2n) is 5.75. The number of amides is 1. The highest BCUT2D eigenvalue weighted by Crippen LogP contribution is 2.24. The van der Waals surface area contributed by atoms with E-state index in [0.717, 1.165) is 17.1 Å². The molecule has 3 rings (SSSR count). The van der Waals surface area contributed by atoms with E-state index in [2.05, 4.69) is 15.6 Å². The summed E-state index contributed by atoms with van der Waals surface area (Å²) in [6.07, 6.45) is 4.14. The van der Waals surface area contributed by atoms with E-state index < -0.39 is 0 Å². The number of anilines is 3. The van der Waals surface area contributed by atoms with Crippen molar-refractivity contribution >= 4 is 23.0 Å². The molecule has 0 radical (unpaired) electrons. The highest BCUT2D eigenvalue weighted by atomic mass is 16.1. The Labute approximate surface area is 130 Å². The molecule has 0 atom stereocenters. The van der Waals surface area contributed by atoms with Crippen LogP contribution < -0.4 is 15.5 Å². The average molecular weight is 296 g/mol. The van der Waals surface area contributed by atoms with Gasteiger partial charge in [0.15, 0.2) is 0 Å². The van der Waals surface area contributed by atoms with Gasteiger partial charge in [-0.05, 0) is 49.2 Å². The monoisotopic (exact) mass is 296 g/mol. The standard InChI is InChI=1S/C17H20N4O/c1-21(2)15-8-5-13(6-9-15)20-17(22)16-10-7-14(11-18-16)19-12-3-4-12/h5-12,19H,3-4H2,1-2H3,(H,20,22). The minimum Gasteiger partial charge on any atom is -0.381 e. The van der Waals surface area contributed by atoms with E-state index in [9.17, 15) is 4.79 Å². The molecule has 22 heavy (non-hydrogen) atoms. The summed E-state index contributed by atoms with van der Waals surface area (Å²) in [4.78, 5) is 18.4. The van der Waals surface area contributed by atoms with Gasteiger partial charge in [-0.2, -0.15) is 0 Å². The Morgan fingerprint density at radius 1 is 1.09 bits per heavy atom. The number of hydrogen-bond acceptors (Lipinski definition) is 4. The van der Waals surface area contributed by atoms with Crippen LogP contribution in [-0.2, 0) is 0 Å². The Morgan fingerprint density at radius 2 is 1.77 bits per heavy atom. The number of benzene rings is 1. The fraction of sp³-hybridized carbons (Fsp3) is 0.294. The Kier molecular flexibility index (Phi) is 3.96. The summed E-state index contributed by atoms with van der Waals surface area (Å²) in [6.45, 7) is 0. The number of aromatic nitrogens is 1. The molecule has 0 bridgehead atoms. The van der Waals surface area contributed by atoms with Gasteiger partial charge in [-0.15, -0.1) is 0 Å². The van der Waals surface area contributed by atoms with Crippen molar-refractivity contribution in [1.82, 2.24) is 4.98 Å². The van der Waals surface area contributed by atoms with Gasteiger partial charge in [0.25, 0.3) is 5.91 Å². The zero-order valence-corrected chi connectivity index (χ0v) is 12.8. The molecule has 1 aromatic carbocycles. The average Bonchev–Trinajstić information content (AvgIpc) is 3.32. The molecule has 114 valence electrons. The first kappa shape index (κ1) is 14.4. The smallest absolute Gasteiger partial charge is 0.274 e. The van der Waals surface area contributed by atoms with Crippen LogP contribution in [0.15, 0.2) is 42.6 Å². The van der Waals surface area contributed by atoms with Crippen molar-refractivity contribution in [2.45, 2.75) is 18.9 Å². The van der Waals surface area contributed by atoms with Crippen molar-refractivity contribution < 1.29 is 4.79 Å². The van der Waals surface area contributed by atoms with Crippen molar-refractivity contribution in [3.8, 4) is 0 Å². The van der Waals surface area contributed by atoms with Crippen LogP contribution in [0.1, 0.15) is 23.3 Å². The second-order valence-corrected chi connectivity index (χ2v) is 5.75. The second kappa shape index (κ2) is 6.05. The van der Waals surface area contributed by atoms with Crippen LogP contribution in [0.5, 0.6) is 0 Å². The van der Waals surface area contributed by atoms with E-state index in [-0.39, 0.29) is 5.91 Å². The van der Waals surface area contributed by atoms with E-state index in [1.54, 1.807) is 12.3 Å². The summed E-state index contributed by atoms with van der Waals surface area (Å²) in [5.41, 5.74) is 3.23. The lowest BCUT2D eigenvalue weighted by Crippen LogP contribution is -2.14. The maximum atomic E-state index is 12.2. The van der Waals surface area contributed by atoms with Crippen LogP contribution in [0, 0.1) is 0 Å². The molecule has 2 N–H and O–H groups in total. The van der Waals surface area contributed by atoms with E-state index >= 15 is 0 Å². The summed E-state index contributed by atoms with van der Waals surface area (Å²) in [5, 5.41) is 6.21. The molecule has 1 aromatic heterocycles. The lowest BCUT2D eigenvalue weighted by molar-refractivity contribution is 0.102. The maximum Gasteiger partial charge on any atom is 0.274 e. The van der Waals surface area contributed by atoms with Crippen molar-refractivity contribution in [3.05, 3.63) is 48.3 Å². The predicted octanol–water partition coefficient (Wildman–Crippen LogP) is 2.97. The van der Waals surface area contributed by atoms with Crippen LogP contribution in [0.2, 0.25) is 0 Å². The molecular formula is C17H20N4O. The van der Waals surface area contributed by atoms with E-state index in [0.29, 0.717) is 11.7 Å². The van der Waals surface area contributed by atoms with Crippen LogP contribution in [0.3, 0.4) is 0 Å². The lowest BCUT2D eigenvalue weighted by Gasteiger charge is -2.13. The molecule has 0 saturated heterocycles. The Hall–Kier alpha value is -2.56. The van der Waals surface area contributed by atoms with E-state index in [1.165, 1.54) is 12.8 Å². The van der Waals surface area contributed by atoms with Gasteiger partial charge in [0.2, 0.25) is 0 Å². The minimum absolute atomic E-state index is 0.199.